The number of halogens is 1. The van der Waals surface area contributed by atoms with Crippen LogP contribution in [0.25, 0.3) is 0 Å². The molecule has 22 heavy (non-hydrogen) atoms. The molecule has 0 fully saturated rings. The second-order valence-corrected chi connectivity index (χ2v) is 6.90. The lowest BCUT2D eigenvalue weighted by Crippen LogP contribution is -2.30. The van der Waals surface area contributed by atoms with E-state index in [0.29, 0.717) is 0 Å². The first kappa shape index (κ1) is 16.2. The minimum Gasteiger partial charge on any atom is -0.369 e. The summed E-state index contributed by atoms with van der Waals surface area (Å²) in [4.78, 5) is 9.44. The van der Waals surface area contributed by atoms with E-state index in [4.69, 9.17) is 0 Å². The van der Waals surface area contributed by atoms with Crippen molar-refractivity contribution in [3.8, 4) is 0 Å². The molecule has 2 rings (SSSR count). The van der Waals surface area contributed by atoms with Crippen molar-refractivity contribution in [3.63, 3.8) is 0 Å². The lowest BCUT2D eigenvalue weighted by Gasteiger charge is -2.21. The summed E-state index contributed by atoms with van der Waals surface area (Å²) < 4.78 is 39.6. The molecule has 1 aromatic rings. The fourth-order valence-electron chi connectivity index (χ4n) is 1.70. The van der Waals surface area contributed by atoms with Crippen LogP contribution in [0.4, 0.5) is 4.39 Å². The average molecular weight is 324 g/mol. The summed E-state index contributed by atoms with van der Waals surface area (Å²) in [6.07, 6.45) is 2.31. The van der Waals surface area contributed by atoms with Crippen molar-refractivity contribution < 1.29 is 12.8 Å². The molecule has 0 saturated heterocycles. The fourth-order valence-corrected chi connectivity index (χ4v) is 2.89. The zero-order valence-corrected chi connectivity index (χ0v) is 13.4. The van der Waals surface area contributed by atoms with Gasteiger partial charge in [0.05, 0.1) is 17.4 Å². The molecule has 0 saturated carbocycles. The first-order valence-electron chi connectivity index (χ1n) is 6.52. The van der Waals surface area contributed by atoms with E-state index in [0.717, 1.165) is 16.1 Å². The van der Waals surface area contributed by atoms with E-state index in [1.807, 2.05) is 6.92 Å². The fraction of sp³-hybridized carbons (Fsp3) is 0.286. The number of nitrogens with zero attached hydrogens (tertiary/aromatic N) is 4. The first-order chi connectivity index (χ1) is 10.3. The summed E-state index contributed by atoms with van der Waals surface area (Å²) >= 11 is 0. The molecule has 6 nitrogen and oxygen atoms in total. The molecule has 0 aromatic heterocycles. The van der Waals surface area contributed by atoms with Gasteiger partial charge in [0, 0.05) is 14.1 Å². The molecule has 0 radical (unpaired) electrons. The summed E-state index contributed by atoms with van der Waals surface area (Å²) in [7, 11) is -0.341. The van der Waals surface area contributed by atoms with Gasteiger partial charge in [0.15, 0.2) is 11.7 Å². The average Bonchev–Trinajstić information content (AvgIpc) is 2.46. The lowest BCUT2D eigenvalue weighted by molar-refractivity contribution is 0.488. The lowest BCUT2D eigenvalue weighted by atomic mass is 10.2. The van der Waals surface area contributed by atoms with Crippen LogP contribution in [0.5, 0.6) is 0 Å². The molecule has 1 heterocycles. The Labute approximate surface area is 129 Å². The zero-order valence-electron chi connectivity index (χ0n) is 12.6. The van der Waals surface area contributed by atoms with Crippen molar-refractivity contribution in [1.29, 1.82) is 0 Å². The number of amidine groups is 1. The van der Waals surface area contributed by atoms with Gasteiger partial charge in [0.25, 0.3) is 10.0 Å². The Morgan fingerprint density at radius 2 is 1.95 bits per heavy atom. The molecule has 0 aliphatic carbocycles. The van der Waals surface area contributed by atoms with E-state index >= 15 is 0 Å². The Kier molecular flexibility index (Phi) is 4.60. The van der Waals surface area contributed by atoms with Crippen LogP contribution >= 0.6 is 0 Å². The highest BCUT2D eigenvalue weighted by atomic mass is 32.2. The molecule has 0 bridgehead atoms. The van der Waals surface area contributed by atoms with Crippen molar-refractivity contribution in [3.05, 3.63) is 41.9 Å². The van der Waals surface area contributed by atoms with Gasteiger partial charge in [-0.05, 0) is 19.1 Å². The Bertz CT molecular complexity index is 737. The number of sulfonamides is 1. The third-order valence-electron chi connectivity index (χ3n) is 2.87. The smallest absolute Gasteiger partial charge is 0.265 e. The molecule has 0 spiro atoms. The van der Waals surface area contributed by atoms with Crippen molar-refractivity contribution in [1.82, 2.24) is 9.21 Å². The van der Waals surface area contributed by atoms with Crippen LogP contribution in [-0.4, -0.2) is 50.6 Å². The van der Waals surface area contributed by atoms with Gasteiger partial charge in [0.2, 0.25) is 0 Å². The SMILES string of the molecule is Cc1ccc(S(=O)(=O)N2C=C(F)C(N=CN(C)C)=NC2)cc1. The highest BCUT2D eigenvalue weighted by Crippen LogP contribution is 2.21. The number of aryl methyl sites for hydroxylation is 1. The van der Waals surface area contributed by atoms with Gasteiger partial charge in [-0.1, -0.05) is 17.7 Å². The highest BCUT2D eigenvalue weighted by Gasteiger charge is 2.26. The molecule has 1 aliphatic heterocycles. The van der Waals surface area contributed by atoms with Crippen LogP contribution < -0.4 is 0 Å². The summed E-state index contributed by atoms with van der Waals surface area (Å²) in [6, 6.07) is 6.35. The van der Waals surface area contributed by atoms with E-state index in [2.05, 4.69) is 9.98 Å². The Morgan fingerprint density at radius 1 is 1.32 bits per heavy atom. The molecule has 0 atom stereocenters. The van der Waals surface area contributed by atoms with E-state index in [1.54, 1.807) is 31.1 Å². The summed E-state index contributed by atoms with van der Waals surface area (Å²) in [5, 5.41) is 0. The van der Waals surface area contributed by atoms with Gasteiger partial charge in [-0.3, -0.25) is 0 Å². The minimum absolute atomic E-state index is 0.0950. The van der Waals surface area contributed by atoms with Gasteiger partial charge in [-0.25, -0.2) is 27.1 Å². The largest absolute Gasteiger partial charge is 0.369 e. The van der Waals surface area contributed by atoms with Crippen LogP contribution in [0.15, 0.2) is 51.2 Å². The van der Waals surface area contributed by atoms with Gasteiger partial charge < -0.3 is 4.90 Å². The van der Waals surface area contributed by atoms with Crippen LogP contribution in [0.2, 0.25) is 0 Å². The second-order valence-electron chi connectivity index (χ2n) is 5.01. The molecule has 118 valence electrons. The van der Waals surface area contributed by atoms with E-state index < -0.39 is 15.9 Å². The number of hydrogen-bond acceptors (Lipinski definition) is 4. The number of rotatable bonds is 3. The number of aliphatic imine (C=N–C) groups is 2. The van der Waals surface area contributed by atoms with Crippen LogP contribution in [0.3, 0.4) is 0 Å². The van der Waals surface area contributed by atoms with E-state index in [1.165, 1.54) is 18.5 Å². The molecule has 1 aliphatic rings. The van der Waals surface area contributed by atoms with Crippen LogP contribution in [0.1, 0.15) is 5.56 Å². The van der Waals surface area contributed by atoms with Gasteiger partial charge in [-0.2, -0.15) is 0 Å². The predicted molar refractivity (Wildman–Crippen MR) is 83.9 cm³/mol. The second kappa shape index (κ2) is 6.27. The van der Waals surface area contributed by atoms with Crippen molar-refractivity contribution in [2.24, 2.45) is 9.98 Å². The van der Waals surface area contributed by atoms with Crippen LogP contribution in [0, 0.1) is 6.92 Å². The zero-order chi connectivity index (χ0) is 16.3. The normalized spacial score (nSPS) is 15.7. The maximum absolute atomic E-state index is 14.0. The quantitative estimate of drug-likeness (QED) is 0.628. The van der Waals surface area contributed by atoms with Crippen molar-refractivity contribution in [2.45, 2.75) is 11.8 Å². The summed E-state index contributed by atoms with van der Waals surface area (Å²) in [5.74, 6) is -0.913. The Morgan fingerprint density at radius 3 is 2.50 bits per heavy atom. The van der Waals surface area contributed by atoms with Crippen molar-refractivity contribution >= 4 is 22.2 Å². The van der Waals surface area contributed by atoms with Gasteiger partial charge >= 0.3 is 0 Å². The molecule has 0 unspecified atom stereocenters. The van der Waals surface area contributed by atoms with Gasteiger partial charge in [0.1, 0.15) is 6.67 Å². The molecule has 0 N–H and O–H groups in total. The monoisotopic (exact) mass is 324 g/mol. The third kappa shape index (κ3) is 3.51. The molecular formula is C14H17FN4O2S. The Balaban J connectivity index is 2.24. The topological polar surface area (TPSA) is 65.3 Å². The molecule has 1 aromatic carbocycles. The summed E-state index contributed by atoms with van der Waals surface area (Å²) in [6.45, 7) is 1.65. The maximum Gasteiger partial charge on any atom is 0.265 e. The molecule has 0 amide bonds. The van der Waals surface area contributed by atoms with E-state index in [-0.39, 0.29) is 17.4 Å². The highest BCUT2D eigenvalue weighted by molar-refractivity contribution is 7.89. The number of benzene rings is 1. The van der Waals surface area contributed by atoms with Gasteiger partial charge in [-0.15, -0.1) is 0 Å². The van der Waals surface area contributed by atoms with Crippen molar-refractivity contribution in [2.75, 3.05) is 20.8 Å². The molecule has 8 heteroatoms. The number of hydrogen-bond donors (Lipinski definition) is 0. The molecular weight excluding hydrogens is 307 g/mol. The van der Waals surface area contributed by atoms with Crippen LogP contribution in [-0.2, 0) is 10.0 Å². The minimum atomic E-state index is -3.82. The Hall–Kier alpha value is -2.22. The maximum atomic E-state index is 14.0. The third-order valence-corrected chi connectivity index (χ3v) is 4.58. The predicted octanol–water partition coefficient (Wildman–Crippen LogP) is 1.76. The standard InChI is InChI=1S/C14H17FN4O2S/c1-11-4-6-12(7-5-11)22(20,21)19-8-13(15)14(17-10-19)16-9-18(2)3/h4-9H,10H2,1-3H3. The first-order valence-corrected chi connectivity index (χ1v) is 7.96. The van der Waals surface area contributed by atoms with E-state index in [9.17, 15) is 12.8 Å². The summed E-state index contributed by atoms with van der Waals surface area (Å²) in [5.41, 5.74) is 0.942.